The zero-order chi connectivity index (χ0) is 25.6. The number of rotatable bonds is 6. The van der Waals surface area contributed by atoms with E-state index in [2.05, 4.69) is 18.8 Å². The van der Waals surface area contributed by atoms with Gasteiger partial charge in [-0.15, -0.1) is 0 Å². The van der Waals surface area contributed by atoms with Gasteiger partial charge in [0.2, 0.25) is 0 Å². The van der Waals surface area contributed by atoms with Crippen molar-refractivity contribution >= 4 is 6.08 Å². The molecule has 1 aliphatic carbocycles. The predicted octanol–water partition coefficient (Wildman–Crippen LogP) is 9.07. The minimum atomic E-state index is -4.73. The standard InChI is InChI=1S/C28H27F7/c1-2-3-4-5-18-6-9-20(10-7-18)21-16-26(31)22(27(32)17-21)11-8-19-14-24(29)23(25(30)15-19)12-13-28(33,34)35/h12-18,20H,2-7,9-10H2,1H3. The summed E-state index contributed by atoms with van der Waals surface area (Å²) < 4.78 is 94.3. The Hall–Kier alpha value is -2.75. The number of unbranched alkanes of at least 4 members (excludes halogenated alkanes) is 2. The molecule has 0 radical (unpaired) electrons. The van der Waals surface area contributed by atoms with Crippen LogP contribution in [0.25, 0.3) is 6.08 Å². The van der Waals surface area contributed by atoms with Gasteiger partial charge in [-0.2, -0.15) is 13.2 Å². The summed E-state index contributed by atoms with van der Waals surface area (Å²) in [5.74, 6) is 1.04. The Balaban J connectivity index is 1.73. The van der Waals surface area contributed by atoms with E-state index in [0.29, 0.717) is 11.5 Å². The van der Waals surface area contributed by atoms with Gasteiger partial charge in [-0.25, -0.2) is 17.6 Å². The quantitative estimate of drug-likeness (QED) is 0.213. The number of hydrogen-bond acceptors (Lipinski definition) is 0. The minimum absolute atomic E-state index is 0.0731. The first-order valence-corrected chi connectivity index (χ1v) is 11.8. The molecule has 1 saturated carbocycles. The molecule has 0 unspecified atom stereocenters. The van der Waals surface area contributed by atoms with Crippen LogP contribution in [0, 0.1) is 41.0 Å². The highest BCUT2D eigenvalue weighted by molar-refractivity contribution is 5.55. The summed E-state index contributed by atoms with van der Waals surface area (Å²) in [6.07, 6.45) is 3.87. The highest BCUT2D eigenvalue weighted by atomic mass is 19.4. The van der Waals surface area contributed by atoms with E-state index >= 15 is 0 Å². The molecule has 1 aliphatic rings. The molecule has 0 aromatic heterocycles. The van der Waals surface area contributed by atoms with Gasteiger partial charge in [0, 0.05) is 17.2 Å². The van der Waals surface area contributed by atoms with E-state index < -0.39 is 40.6 Å². The first-order valence-electron chi connectivity index (χ1n) is 11.8. The van der Waals surface area contributed by atoms with Crippen molar-refractivity contribution in [1.29, 1.82) is 0 Å². The van der Waals surface area contributed by atoms with E-state index in [1.54, 1.807) is 0 Å². The van der Waals surface area contributed by atoms with Gasteiger partial charge in [0.25, 0.3) is 0 Å². The number of halogens is 7. The van der Waals surface area contributed by atoms with Crippen LogP contribution in [-0.2, 0) is 0 Å². The number of allylic oxidation sites excluding steroid dienone is 1. The molecule has 0 spiro atoms. The third-order valence-corrected chi connectivity index (χ3v) is 6.45. The van der Waals surface area contributed by atoms with Crippen LogP contribution in [0.3, 0.4) is 0 Å². The van der Waals surface area contributed by atoms with Crippen molar-refractivity contribution in [1.82, 2.24) is 0 Å². The second-order valence-electron chi connectivity index (χ2n) is 9.05. The lowest BCUT2D eigenvalue weighted by molar-refractivity contribution is -0.0790. The molecular weight excluding hydrogens is 469 g/mol. The van der Waals surface area contributed by atoms with E-state index in [1.807, 2.05) is 0 Å². The predicted molar refractivity (Wildman–Crippen MR) is 123 cm³/mol. The lowest BCUT2D eigenvalue weighted by Crippen LogP contribution is -2.14. The van der Waals surface area contributed by atoms with Gasteiger partial charge in [-0.05, 0) is 73.4 Å². The fourth-order valence-corrected chi connectivity index (χ4v) is 4.54. The molecule has 188 valence electrons. The second-order valence-corrected chi connectivity index (χ2v) is 9.05. The van der Waals surface area contributed by atoms with Gasteiger partial charge >= 0.3 is 6.18 Å². The van der Waals surface area contributed by atoms with E-state index in [1.165, 1.54) is 37.8 Å². The van der Waals surface area contributed by atoms with Crippen molar-refractivity contribution in [3.8, 4) is 11.8 Å². The average Bonchev–Trinajstić information content (AvgIpc) is 2.78. The molecule has 0 nitrogen and oxygen atoms in total. The Morgan fingerprint density at radius 1 is 0.829 bits per heavy atom. The van der Waals surface area contributed by atoms with Crippen LogP contribution in [0.4, 0.5) is 30.7 Å². The van der Waals surface area contributed by atoms with Gasteiger partial charge in [0.05, 0.1) is 5.56 Å². The molecule has 0 aliphatic heterocycles. The van der Waals surface area contributed by atoms with Crippen LogP contribution in [0.1, 0.15) is 86.5 Å². The van der Waals surface area contributed by atoms with Crippen molar-refractivity contribution in [2.75, 3.05) is 0 Å². The average molecular weight is 497 g/mol. The topological polar surface area (TPSA) is 0 Å². The first kappa shape index (κ1) is 26.8. The Bertz CT molecular complexity index is 1060. The molecule has 2 aromatic carbocycles. The molecule has 0 N–H and O–H groups in total. The highest BCUT2D eigenvalue weighted by Gasteiger charge is 2.24. The molecule has 1 fully saturated rings. The maximum Gasteiger partial charge on any atom is 0.409 e. The van der Waals surface area contributed by atoms with Gasteiger partial charge in [-0.3, -0.25) is 0 Å². The number of alkyl halides is 3. The summed E-state index contributed by atoms with van der Waals surface area (Å²) in [4.78, 5) is 0. The Morgan fingerprint density at radius 2 is 1.43 bits per heavy atom. The lowest BCUT2D eigenvalue weighted by Gasteiger charge is -2.29. The minimum Gasteiger partial charge on any atom is -0.206 e. The molecular formula is C28H27F7. The second kappa shape index (κ2) is 11.8. The number of hydrogen-bond donors (Lipinski definition) is 0. The largest absolute Gasteiger partial charge is 0.409 e. The summed E-state index contributed by atoms with van der Waals surface area (Å²) in [5, 5.41) is 0. The van der Waals surface area contributed by atoms with Crippen LogP contribution in [-0.4, -0.2) is 6.18 Å². The van der Waals surface area contributed by atoms with Gasteiger partial charge < -0.3 is 0 Å². The molecule has 35 heavy (non-hydrogen) atoms. The van der Waals surface area contributed by atoms with Crippen molar-refractivity contribution in [2.24, 2.45) is 5.92 Å². The van der Waals surface area contributed by atoms with E-state index in [0.717, 1.165) is 37.8 Å². The number of benzene rings is 2. The van der Waals surface area contributed by atoms with Crippen LogP contribution >= 0.6 is 0 Å². The van der Waals surface area contributed by atoms with Crippen LogP contribution < -0.4 is 0 Å². The van der Waals surface area contributed by atoms with Gasteiger partial charge in [0.1, 0.15) is 23.3 Å². The van der Waals surface area contributed by atoms with E-state index in [9.17, 15) is 30.7 Å². The summed E-state index contributed by atoms with van der Waals surface area (Å²) in [7, 11) is 0. The third kappa shape index (κ3) is 7.62. The van der Waals surface area contributed by atoms with Gasteiger partial charge in [-0.1, -0.05) is 44.4 Å². The highest BCUT2D eigenvalue weighted by Crippen LogP contribution is 2.38. The maximum atomic E-state index is 14.7. The summed E-state index contributed by atoms with van der Waals surface area (Å²) in [6, 6.07) is 3.97. The van der Waals surface area contributed by atoms with Crippen LogP contribution in [0.5, 0.6) is 0 Å². The zero-order valence-electron chi connectivity index (χ0n) is 19.4. The van der Waals surface area contributed by atoms with Crippen LogP contribution in [0.2, 0.25) is 0 Å². The summed E-state index contributed by atoms with van der Waals surface area (Å²) in [6.45, 7) is 2.17. The third-order valence-electron chi connectivity index (χ3n) is 6.45. The maximum absolute atomic E-state index is 14.7. The van der Waals surface area contributed by atoms with Crippen molar-refractivity contribution < 1.29 is 30.7 Å². The monoisotopic (exact) mass is 496 g/mol. The lowest BCUT2D eigenvalue weighted by atomic mass is 9.77. The molecule has 0 heterocycles. The van der Waals surface area contributed by atoms with Crippen molar-refractivity contribution in [3.63, 3.8) is 0 Å². The van der Waals surface area contributed by atoms with Gasteiger partial charge in [0.15, 0.2) is 0 Å². The smallest absolute Gasteiger partial charge is 0.206 e. The molecule has 2 aromatic rings. The van der Waals surface area contributed by atoms with Crippen LogP contribution in [0.15, 0.2) is 30.3 Å². The van der Waals surface area contributed by atoms with E-state index in [-0.39, 0.29) is 23.6 Å². The molecule has 3 rings (SSSR count). The molecule has 0 bridgehead atoms. The molecule has 7 heteroatoms. The SMILES string of the molecule is CCCCCC1CCC(c2cc(F)c(C#Cc3cc(F)c(C=CC(F)(F)F)c(F)c3)c(F)c2)CC1. The van der Waals surface area contributed by atoms with Crippen molar-refractivity contribution in [2.45, 2.75) is 70.4 Å². The Labute approximate surface area is 201 Å². The van der Waals surface area contributed by atoms with Crippen molar-refractivity contribution in [3.05, 3.63) is 75.9 Å². The first-order chi connectivity index (χ1) is 16.6. The normalized spacial score (nSPS) is 18.5. The van der Waals surface area contributed by atoms with E-state index in [4.69, 9.17) is 0 Å². The fourth-order valence-electron chi connectivity index (χ4n) is 4.54. The fraction of sp³-hybridized carbons (Fsp3) is 0.429. The molecule has 0 saturated heterocycles. The molecule has 0 atom stereocenters. The Morgan fingerprint density at radius 3 is 1.97 bits per heavy atom. The molecule has 0 amide bonds. The summed E-state index contributed by atoms with van der Waals surface area (Å²) in [5.41, 5.74) is -1.08. The summed E-state index contributed by atoms with van der Waals surface area (Å²) >= 11 is 0. The Kier molecular flexibility index (Phi) is 9.04. The zero-order valence-corrected chi connectivity index (χ0v) is 19.4.